The van der Waals surface area contributed by atoms with Crippen molar-refractivity contribution in [1.82, 2.24) is 5.32 Å². The maximum atomic E-state index is 12.5. The van der Waals surface area contributed by atoms with Crippen LogP contribution in [0.3, 0.4) is 0 Å². The van der Waals surface area contributed by atoms with Crippen LogP contribution < -0.4 is 10.6 Å². The van der Waals surface area contributed by atoms with E-state index in [-0.39, 0.29) is 11.8 Å². The largest absolute Gasteiger partial charge is 0.326 e. The first-order chi connectivity index (χ1) is 10.2. The molecule has 110 valence electrons. The maximum absolute atomic E-state index is 12.5. The molecule has 0 spiro atoms. The summed E-state index contributed by atoms with van der Waals surface area (Å²) in [6.45, 7) is 2.83. The predicted octanol–water partition coefficient (Wildman–Crippen LogP) is 3.54. The molecule has 0 saturated carbocycles. The molecule has 1 atom stereocenters. The number of nitrogens with one attached hydrogen (secondary N) is 2. The summed E-state index contributed by atoms with van der Waals surface area (Å²) >= 11 is 0. The van der Waals surface area contributed by atoms with Crippen molar-refractivity contribution in [3.63, 3.8) is 0 Å². The number of hydrogen-bond acceptors (Lipinski definition) is 2. The third-order valence-electron chi connectivity index (χ3n) is 3.50. The third-order valence-corrected chi connectivity index (χ3v) is 3.50. The molecule has 0 fully saturated rings. The summed E-state index contributed by atoms with van der Waals surface area (Å²) in [7, 11) is 1.91. The van der Waals surface area contributed by atoms with Crippen LogP contribution in [0.15, 0.2) is 54.6 Å². The van der Waals surface area contributed by atoms with Gasteiger partial charge in [-0.2, -0.15) is 0 Å². The van der Waals surface area contributed by atoms with Gasteiger partial charge in [0.25, 0.3) is 0 Å². The van der Waals surface area contributed by atoms with Crippen LogP contribution in [0.25, 0.3) is 0 Å². The van der Waals surface area contributed by atoms with E-state index in [0.29, 0.717) is 0 Å². The van der Waals surface area contributed by atoms with E-state index >= 15 is 0 Å². The van der Waals surface area contributed by atoms with Gasteiger partial charge in [0.2, 0.25) is 5.91 Å². The van der Waals surface area contributed by atoms with E-state index in [9.17, 15) is 4.79 Å². The van der Waals surface area contributed by atoms with Crippen LogP contribution in [0.2, 0.25) is 0 Å². The molecule has 2 N–H and O–H groups in total. The van der Waals surface area contributed by atoms with Crippen molar-refractivity contribution in [3.8, 4) is 0 Å². The highest BCUT2D eigenvalue weighted by Gasteiger charge is 2.18. The number of benzene rings is 2. The predicted molar refractivity (Wildman–Crippen MR) is 87.3 cm³/mol. The maximum Gasteiger partial charge on any atom is 0.231 e. The van der Waals surface area contributed by atoms with Gasteiger partial charge in [-0.05, 0) is 36.7 Å². The Morgan fingerprint density at radius 3 is 2.52 bits per heavy atom. The second-order valence-corrected chi connectivity index (χ2v) is 5.09. The van der Waals surface area contributed by atoms with Gasteiger partial charge in [0.05, 0.1) is 5.92 Å². The molecule has 1 unspecified atom stereocenters. The molecule has 21 heavy (non-hydrogen) atoms. The van der Waals surface area contributed by atoms with Gasteiger partial charge in [-0.3, -0.25) is 4.79 Å². The average Bonchev–Trinajstić information content (AvgIpc) is 2.50. The van der Waals surface area contributed by atoms with Crippen LogP contribution in [0.5, 0.6) is 0 Å². The molecule has 0 aliphatic rings. The highest BCUT2D eigenvalue weighted by Crippen LogP contribution is 2.21. The number of amides is 1. The van der Waals surface area contributed by atoms with Crippen LogP contribution in [0.4, 0.5) is 5.69 Å². The molecule has 2 aromatic rings. The van der Waals surface area contributed by atoms with E-state index in [1.165, 1.54) is 0 Å². The first kappa shape index (κ1) is 15.3. The van der Waals surface area contributed by atoms with Crippen molar-refractivity contribution in [3.05, 3.63) is 65.7 Å². The fourth-order valence-electron chi connectivity index (χ4n) is 2.45. The van der Waals surface area contributed by atoms with Crippen molar-refractivity contribution in [2.45, 2.75) is 25.8 Å². The van der Waals surface area contributed by atoms with E-state index in [1.807, 2.05) is 68.6 Å². The van der Waals surface area contributed by atoms with Crippen LogP contribution in [0, 0.1) is 0 Å². The molecule has 1 amide bonds. The molecule has 0 aliphatic heterocycles. The van der Waals surface area contributed by atoms with Crippen molar-refractivity contribution >= 4 is 11.6 Å². The van der Waals surface area contributed by atoms with E-state index in [4.69, 9.17) is 0 Å². The molecular weight excluding hydrogens is 260 g/mol. The SMILES string of the molecule is CCC(C(=O)Nc1cccc(CNC)c1)c1ccccc1. The number of hydrogen-bond donors (Lipinski definition) is 2. The van der Waals surface area contributed by atoms with E-state index in [2.05, 4.69) is 10.6 Å². The van der Waals surface area contributed by atoms with Crippen molar-refractivity contribution in [2.75, 3.05) is 12.4 Å². The van der Waals surface area contributed by atoms with E-state index in [0.717, 1.165) is 29.8 Å². The minimum absolute atomic E-state index is 0.0466. The fraction of sp³-hybridized carbons (Fsp3) is 0.278. The van der Waals surface area contributed by atoms with E-state index in [1.54, 1.807) is 0 Å². The lowest BCUT2D eigenvalue weighted by molar-refractivity contribution is -0.117. The zero-order valence-electron chi connectivity index (χ0n) is 12.6. The lowest BCUT2D eigenvalue weighted by Crippen LogP contribution is -2.20. The lowest BCUT2D eigenvalue weighted by atomic mass is 9.95. The molecule has 0 heterocycles. The molecule has 0 aliphatic carbocycles. The molecule has 0 radical (unpaired) electrons. The molecular formula is C18H22N2O. The summed E-state index contributed by atoms with van der Waals surface area (Å²) in [4.78, 5) is 12.5. The second kappa shape index (κ2) is 7.60. The Morgan fingerprint density at radius 1 is 1.10 bits per heavy atom. The molecule has 0 bridgehead atoms. The van der Waals surface area contributed by atoms with Crippen LogP contribution >= 0.6 is 0 Å². The molecule has 2 rings (SSSR count). The Morgan fingerprint density at radius 2 is 1.86 bits per heavy atom. The minimum Gasteiger partial charge on any atom is -0.326 e. The summed E-state index contributed by atoms with van der Waals surface area (Å²) < 4.78 is 0. The number of carbonyl (C=O) groups is 1. The second-order valence-electron chi connectivity index (χ2n) is 5.09. The van der Waals surface area contributed by atoms with Gasteiger partial charge >= 0.3 is 0 Å². The quantitative estimate of drug-likeness (QED) is 0.851. The Bertz CT molecular complexity index is 581. The smallest absolute Gasteiger partial charge is 0.231 e. The van der Waals surface area contributed by atoms with Gasteiger partial charge in [0.15, 0.2) is 0 Å². The van der Waals surface area contributed by atoms with Gasteiger partial charge in [-0.1, -0.05) is 49.4 Å². The topological polar surface area (TPSA) is 41.1 Å². The number of rotatable bonds is 6. The summed E-state index contributed by atoms with van der Waals surface area (Å²) in [5.74, 6) is -0.0653. The summed E-state index contributed by atoms with van der Waals surface area (Å²) in [5, 5.41) is 6.14. The Kier molecular flexibility index (Phi) is 5.52. The highest BCUT2D eigenvalue weighted by molar-refractivity contribution is 5.95. The highest BCUT2D eigenvalue weighted by atomic mass is 16.1. The zero-order chi connectivity index (χ0) is 15.1. The summed E-state index contributed by atoms with van der Waals surface area (Å²) in [6, 6.07) is 17.9. The third kappa shape index (κ3) is 4.17. The Labute approximate surface area is 126 Å². The number of anilines is 1. The van der Waals surface area contributed by atoms with Gasteiger partial charge in [-0.25, -0.2) is 0 Å². The first-order valence-corrected chi connectivity index (χ1v) is 7.34. The van der Waals surface area contributed by atoms with Crippen LogP contribution in [-0.4, -0.2) is 13.0 Å². The van der Waals surface area contributed by atoms with Gasteiger partial charge in [0, 0.05) is 12.2 Å². The summed E-state index contributed by atoms with van der Waals surface area (Å²) in [5.41, 5.74) is 3.06. The Hall–Kier alpha value is -2.13. The number of carbonyl (C=O) groups excluding carboxylic acids is 1. The van der Waals surface area contributed by atoms with Crippen LogP contribution in [-0.2, 0) is 11.3 Å². The zero-order valence-corrected chi connectivity index (χ0v) is 12.6. The van der Waals surface area contributed by atoms with Crippen molar-refractivity contribution in [2.24, 2.45) is 0 Å². The molecule has 3 nitrogen and oxygen atoms in total. The summed E-state index contributed by atoms with van der Waals surface area (Å²) in [6.07, 6.45) is 0.784. The van der Waals surface area contributed by atoms with E-state index < -0.39 is 0 Å². The van der Waals surface area contributed by atoms with Gasteiger partial charge in [0.1, 0.15) is 0 Å². The standard InChI is InChI=1S/C18H22N2O/c1-3-17(15-9-5-4-6-10-15)18(21)20-16-11-7-8-14(12-16)13-19-2/h4-12,17,19H,3,13H2,1-2H3,(H,20,21). The average molecular weight is 282 g/mol. The Balaban J connectivity index is 2.11. The minimum atomic E-state index is -0.112. The monoisotopic (exact) mass is 282 g/mol. The van der Waals surface area contributed by atoms with Gasteiger partial charge in [-0.15, -0.1) is 0 Å². The van der Waals surface area contributed by atoms with Crippen LogP contribution in [0.1, 0.15) is 30.4 Å². The van der Waals surface area contributed by atoms with Crippen molar-refractivity contribution < 1.29 is 4.79 Å². The first-order valence-electron chi connectivity index (χ1n) is 7.34. The van der Waals surface area contributed by atoms with Crippen molar-refractivity contribution in [1.29, 1.82) is 0 Å². The molecule has 3 heteroatoms. The molecule has 2 aromatic carbocycles. The lowest BCUT2D eigenvalue weighted by Gasteiger charge is -2.16. The molecule has 0 saturated heterocycles. The normalized spacial score (nSPS) is 11.9. The van der Waals surface area contributed by atoms with Gasteiger partial charge < -0.3 is 10.6 Å². The molecule has 0 aromatic heterocycles. The fourth-order valence-corrected chi connectivity index (χ4v) is 2.45.